The van der Waals surface area contributed by atoms with E-state index < -0.39 is 17.0 Å². The molecule has 0 unspecified atom stereocenters. The zero-order valence-electron chi connectivity index (χ0n) is 21.1. The van der Waals surface area contributed by atoms with Gasteiger partial charge in [0.2, 0.25) is 11.8 Å². The molecule has 0 radical (unpaired) electrons. The van der Waals surface area contributed by atoms with Crippen molar-refractivity contribution in [3.8, 4) is 16.3 Å². The fourth-order valence-corrected chi connectivity index (χ4v) is 5.28. The Morgan fingerprint density at radius 1 is 1.19 bits per heavy atom. The molecule has 1 aromatic carbocycles. The highest BCUT2D eigenvalue weighted by molar-refractivity contribution is 7.15. The Morgan fingerprint density at radius 2 is 1.92 bits per heavy atom. The van der Waals surface area contributed by atoms with Crippen molar-refractivity contribution in [2.75, 3.05) is 12.4 Å². The first-order valence-electron chi connectivity index (χ1n) is 11.8. The number of aromatic nitrogens is 3. The van der Waals surface area contributed by atoms with Gasteiger partial charge in [0, 0.05) is 11.9 Å². The lowest BCUT2D eigenvalue weighted by molar-refractivity contribution is -0.163. The van der Waals surface area contributed by atoms with Crippen LogP contribution in [0.4, 0.5) is 16.0 Å². The van der Waals surface area contributed by atoms with Gasteiger partial charge in [-0.25, -0.2) is 9.97 Å². The highest BCUT2D eigenvalue weighted by Crippen LogP contribution is 2.43. The first kappa shape index (κ1) is 26.0. The van der Waals surface area contributed by atoms with Crippen LogP contribution in [0, 0.1) is 18.7 Å². The van der Waals surface area contributed by atoms with Crippen LogP contribution < -0.4 is 10.1 Å². The number of rotatable bonds is 6. The average molecular weight is 515 g/mol. The molecule has 0 saturated heterocycles. The predicted octanol–water partition coefficient (Wildman–Crippen LogP) is 5.52. The van der Waals surface area contributed by atoms with Gasteiger partial charge >= 0.3 is 5.97 Å². The summed E-state index contributed by atoms with van der Waals surface area (Å²) >= 11 is 1.44. The van der Waals surface area contributed by atoms with Crippen molar-refractivity contribution in [2.24, 2.45) is 5.92 Å². The highest BCUT2D eigenvalue weighted by atomic mass is 32.1. The topological polar surface area (TPSA) is 106 Å². The van der Waals surface area contributed by atoms with E-state index in [0.717, 1.165) is 27.9 Å². The van der Waals surface area contributed by atoms with Gasteiger partial charge in [-0.2, -0.15) is 9.37 Å². The number of carbonyl (C=O) groups is 1. The number of nitrogens with one attached hydrogen (secondary N) is 1. The number of carbonyl (C=O) groups excluding carboxylic acids is 1. The van der Waals surface area contributed by atoms with E-state index in [2.05, 4.69) is 20.3 Å². The number of esters is 1. The normalized spacial score (nSPS) is 20.1. The van der Waals surface area contributed by atoms with Crippen LogP contribution in [-0.4, -0.2) is 38.7 Å². The van der Waals surface area contributed by atoms with Crippen LogP contribution in [0.25, 0.3) is 10.4 Å². The molecule has 1 aliphatic carbocycles. The number of anilines is 2. The molecule has 1 fully saturated rings. The summed E-state index contributed by atoms with van der Waals surface area (Å²) in [6, 6.07) is 5.88. The lowest BCUT2D eigenvalue weighted by Crippen LogP contribution is -2.36. The summed E-state index contributed by atoms with van der Waals surface area (Å²) in [7, 11) is 1.35. The molecule has 2 heterocycles. The van der Waals surface area contributed by atoms with E-state index in [4.69, 9.17) is 9.47 Å². The smallest absolute Gasteiger partial charge is 0.309 e. The van der Waals surface area contributed by atoms with Crippen molar-refractivity contribution < 1.29 is 23.8 Å². The molecule has 0 aliphatic heterocycles. The molecule has 8 nitrogen and oxygen atoms in total. The van der Waals surface area contributed by atoms with Gasteiger partial charge in [-0.3, -0.25) is 4.79 Å². The molecule has 0 spiro atoms. The summed E-state index contributed by atoms with van der Waals surface area (Å²) in [5.74, 6) is -0.968. The van der Waals surface area contributed by atoms with E-state index in [1.165, 1.54) is 18.4 Å². The molecule has 10 heteroatoms. The molecule has 192 valence electrons. The van der Waals surface area contributed by atoms with E-state index in [-0.39, 0.29) is 23.7 Å². The number of aliphatic hydroxyl groups is 1. The number of halogens is 1. The van der Waals surface area contributed by atoms with E-state index in [0.29, 0.717) is 30.7 Å². The summed E-state index contributed by atoms with van der Waals surface area (Å²) in [5.41, 5.74) is 1.05. The van der Waals surface area contributed by atoms with Crippen molar-refractivity contribution in [1.82, 2.24) is 15.0 Å². The molecule has 2 N–H and O–H groups in total. The molecule has 36 heavy (non-hydrogen) atoms. The summed E-state index contributed by atoms with van der Waals surface area (Å²) in [5, 5.41) is 15.1. The van der Waals surface area contributed by atoms with Crippen LogP contribution in [0.15, 0.2) is 30.6 Å². The number of ether oxygens (including phenoxy) is 2. The third kappa shape index (κ3) is 5.99. The Hall–Kier alpha value is -3.11. The SMILES string of the molecule is COc1nc(Nc2cc(C)cc(-c3cnc([C@]4(O)CC[C@H](C(=O)OC(C)(C)C)CC4)s3)c2)ncc1F. The molecule has 1 aliphatic rings. The summed E-state index contributed by atoms with van der Waals surface area (Å²) in [6.45, 7) is 7.54. The number of hydrogen-bond acceptors (Lipinski definition) is 9. The van der Waals surface area contributed by atoms with Gasteiger partial charge in [0.25, 0.3) is 5.88 Å². The quantitative estimate of drug-likeness (QED) is 0.414. The molecule has 2 aromatic heterocycles. The van der Waals surface area contributed by atoms with Gasteiger partial charge in [-0.05, 0) is 76.6 Å². The van der Waals surface area contributed by atoms with Crippen LogP contribution >= 0.6 is 11.3 Å². The van der Waals surface area contributed by atoms with Crippen molar-refractivity contribution in [2.45, 2.75) is 64.6 Å². The van der Waals surface area contributed by atoms with Crippen molar-refractivity contribution in [1.29, 1.82) is 0 Å². The zero-order valence-corrected chi connectivity index (χ0v) is 21.9. The summed E-state index contributed by atoms with van der Waals surface area (Å²) in [4.78, 5) is 25.9. The van der Waals surface area contributed by atoms with Gasteiger partial charge < -0.3 is 19.9 Å². The number of hydrogen-bond donors (Lipinski definition) is 2. The van der Waals surface area contributed by atoms with Crippen LogP contribution in [0.2, 0.25) is 0 Å². The molecular weight excluding hydrogens is 483 g/mol. The Kier molecular flexibility index (Phi) is 7.28. The third-order valence-corrected chi connectivity index (χ3v) is 7.22. The Labute approximate surface area is 213 Å². The van der Waals surface area contributed by atoms with Crippen LogP contribution in [-0.2, 0) is 15.1 Å². The lowest BCUT2D eigenvalue weighted by atomic mass is 9.79. The Balaban J connectivity index is 1.49. The molecule has 0 atom stereocenters. The average Bonchev–Trinajstić information content (AvgIpc) is 3.31. The van der Waals surface area contributed by atoms with Gasteiger partial charge in [-0.15, -0.1) is 11.3 Å². The standard InChI is InChI=1S/C26H31FN4O4S/c1-15-10-17(12-18(11-15)30-24-29-13-19(27)21(31-24)34-5)20-14-28-23(36-20)26(33)8-6-16(7-9-26)22(32)35-25(2,3)4/h10-14,16,33H,6-9H2,1-5H3,(H,29,30,31)/t16-,26-. The number of methoxy groups -OCH3 is 1. The molecule has 4 rings (SSSR count). The number of nitrogens with zero attached hydrogens (tertiary/aromatic N) is 3. The molecule has 3 aromatic rings. The predicted molar refractivity (Wildman–Crippen MR) is 136 cm³/mol. The molecule has 0 bridgehead atoms. The summed E-state index contributed by atoms with van der Waals surface area (Å²) < 4.78 is 24.1. The first-order chi connectivity index (χ1) is 17.0. The molecular formula is C26H31FN4O4S. The summed E-state index contributed by atoms with van der Waals surface area (Å²) in [6.07, 6.45) is 4.83. The van der Waals surface area contributed by atoms with Crippen molar-refractivity contribution in [3.63, 3.8) is 0 Å². The number of thiazole rings is 1. The zero-order chi connectivity index (χ0) is 26.1. The Bertz CT molecular complexity index is 1250. The minimum Gasteiger partial charge on any atom is -0.479 e. The molecule has 1 saturated carbocycles. The third-order valence-electron chi connectivity index (χ3n) is 5.98. The second-order valence-electron chi connectivity index (χ2n) is 10.1. The van der Waals surface area contributed by atoms with Crippen molar-refractivity contribution in [3.05, 3.63) is 47.0 Å². The van der Waals surface area contributed by atoms with Gasteiger partial charge in [0.1, 0.15) is 16.2 Å². The van der Waals surface area contributed by atoms with E-state index in [1.54, 1.807) is 6.20 Å². The van der Waals surface area contributed by atoms with E-state index >= 15 is 0 Å². The lowest BCUT2D eigenvalue weighted by Gasteiger charge is -2.34. The number of aryl methyl sites for hydroxylation is 1. The second-order valence-corrected chi connectivity index (χ2v) is 11.2. The largest absolute Gasteiger partial charge is 0.479 e. The van der Waals surface area contributed by atoms with Crippen molar-refractivity contribution >= 4 is 28.9 Å². The minimum atomic E-state index is -1.06. The maximum atomic E-state index is 13.6. The van der Waals surface area contributed by atoms with Crippen LogP contribution in [0.3, 0.4) is 0 Å². The van der Waals surface area contributed by atoms with Gasteiger partial charge in [0.15, 0.2) is 0 Å². The number of benzene rings is 1. The monoisotopic (exact) mass is 514 g/mol. The highest BCUT2D eigenvalue weighted by Gasteiger charge is 2.40. The Morgan fingerprint density at radius 3 is 2.58 bits per heavy atom. The van der Waals surface area contributed by atoms with Gasteiger partial charge in [-0.1, -0.05) is 6.07 Å². The fraction of sp³-hybridized carbons (Fsp3) is 0.462. The van der Waals surface area contributed by atoms with E-state index in [9.17, 15) is 14.3 Å². The fourth-order valence-electron chi connectivity index (χ4n) is 4.23. The maximum Gasteiger partial charge on any atom is 0.309 e. The van der Waals surface area contributed by atoms with Crippen LogP contribution in [0.1, 0.15) is 57.0 Å². The maximum absolute atomic E-state index is 13.6. The van der Waals surface area contributed by atoms with Gasteiger partial charge in [0.05, 0.1) is 24.1 Å². The minimum absolute atomic E-state index is 0.137. The van der Waals surface area contributed by atoms with Crippen LogP contribution in [0.5, 0.6) is 5.88 Å². The van der Waals surface area contributed by atoms with E-state index in [1.807, 2.05) is 45.9 Å². The first-order valence-corrected chi connectivity index (χ1v) is 12.6. The second kappa shape index (κ2) is 10.1. The molecule has 0 amide bonds.